The van der Waals surface area contributed by atoms with E-state index in [1.165, 1.54) is 0 Å². The third kappa shape index (κ3) is 2.86. The standard InChI is InChI=1S/C13H19IN4/c1-2-16-13(10-15)6-3-4-11(13)5-7-18-9-12(14)8-17-18/h8-9,11,16H,2-7H2,1H3. The molecule has 1 saturated carbocycles. The Bertz CT molecular complexity index is 436. The van der Waals surface area contributed by atoms with Crippen LogP contribution in [0.4, 0.5) is 0 Å². The number of nitrogens with one attached hydrogen (secondary N) is 1. The average Bonchev–Trinajstić information content (AvgIpc) is 2.94. The minimum absolute atomic E-state index is 0.297. The normalized spacial score (nSPS) is 27.3. The molecule has 18 heavy (non-hydrogen) atoms. The molecule has 0 radical (unpaired) electrons. The van der Waals surface area contributed by atoms with Crippen molar-refractivity contribution in [2.45, 2.75) is 44.7 Å². The second-order valence-electron chi connectivity index (χ2n) is 4.91. The van der Waals surface area contributed by atoms with Gasteiger partial charge in [-0.1, -0.05) is 13.3 Å². The lowest BCUT2D eigenvalue weighted by atomic mass is 9.86. The Hall–Kier alpha value is -0.610. The molecule has 0 spiro atoms. The first kappa shape index (κ1) is 13.8. The lowest BCUT2D eigenvalue weighted by Crippen LogP contribution is -2.47. The Kier molecular flexibility index (Phi) is 4.62. The first-order valence-corrected chi connectivity index (χ1v) is 7.62. The van der Waals surface area contributed by atoms with Gasteiger partial charge in [-0.15, -0.1) is 0 Å². The van der Waals surface area contributed by atoms with Gasteiger partial charge in [0.05, 0.1) is 15.8 Å². The van der Waals surface area contributed by atoms with E-state index in [-0.39, 0.29) is 5.54 Å². The second-order valence-corrected chi connectivity index (χ2v) is 6.16. The first-order chi connectivity index (χ1) is 8.70. The average molecular weight is 358 g/mol. The molecule has 0 aliphatic heterocycles. The van der Waals surface area contributed by atoms with E-state index in [2.05, 4.69) is 52.2 Å². The Labute approximate surface area is 122 Å². The summed E-state index contributed by atoms with van der Waals surface area (Å²) in [5.74, 6) is 0.448. The molecule has 2 atom stereocenters. The van der Waals surface area contributed by atoms with Crippen molar-refractivity contribution < 1.29 is 0 Å². The number of aryl methyl sites for hydroxylation is 1. The molecule has 0 aromatic carbocycles. The molecule has 98 valence electrons. The molecule has 4 nitrogen and oxygen atoms in total. The van der Waals surface area contributed by atoms with E-state index in [1.54, 1.807) is 0 Å². The number of halogens is 1. The van der Waals surface area contributed by atoms with Crippen LogP contribution in [0.2, 0.25) is 0 Å². The van der Waals surface area contributed by atoms with Gasteiger partial charge in [-0.25, -0.2) is 0 Å². The molecule has 2 rings (SSSR count). The highest BCUT2D eigenvalue weighted by molar-refractivity contribution is 14.1. The molecular formula is C13H19IN4. The molecule has 0 amide bonds. The third-order valence-electron chi connectivity index (χ3n) is 3.82. The molecule has 5 heteroatoms. The van der Waals surface area contributed by atoms with Crippen LogP contribution in [0.1, 0.15) is 32.6 Å². The quantitative estimate of drug-likeness (QED) is 0.824. The Morgan fingerprint density at radius 1 is 1.72 bits per heavy atom. The Morgan fingerprint density at radius 2 is 2.56 bits per heavy atom. The molecule has 1 N–H and O–H groups in total. The zero-order chi connectivity index (χ0) is 13.0. The third-order valence-corrected chi connectivity index (χ3v) is 4.38. The molecule has 0 bridgehead atoms. The number of aromatic nitrogens is 2. The van der Waals surface area contributed by atoms with Gasteiger partial charge in [0.2, 0.25) is 0 Å². The molecule has 0 saturated heterocycles. The monoisotopic (exact) mass is 358 g/mol. The molecular weight excluding hydrogens is 339 g/mol. The number of nitriles is 1. The van der Waals surface area contributed by atoms with Crippen LogP contribution in [-0.2, 0) is 6.54 Å². The number of nitrogens with zero attached hydrogens (tertiary/aromatic N) is 3. The minimum Gasteiger partial charge on any atom is -0.299 e. The summed E-state index contributed by atoms with van der Waals surface area (Å²) < 4.78 is 3.14. The van der Waals surface area contributed by atoms with Gasteiger partial charge in [-0.2, -0.15) is 10.4 Å². The summed E-state index contributed by atoms with van der Waals surface area (Å²) in [6.07, 6.45) is 8.24. The van der Waals surface area contributed by atoms with E-state index in [1.807, 2.05) is 10.9 Å². The Balaban J connectivity index is 1.97. The first-order valence-electron chi connectivity index (χ1n) is 6.54. The van der Waals surface area contributed by atoms with Crippen molar-refractivity contribution >= 4 is 22.6 Å². The van der Waals surface area contributed by atoms with Crippen molar-refractivity contribution in [3.8, 4) is 6.07 Å². The van der Waals surface area contributed by atoms with Gasteiger partial charge in [-0.05, 0) is 54.3 Å². The molecule has 1 heterocycles. The number of hydrogen-bond donors (Lipinski definition) is 1. The van der Waals surface area contributed by atoms with Crippen LogP contribution in [-0.4, -0.2) is 21.9 Å². The van der Waals surface area contributed by atoms with Crippen LogP contribution in [0.15, 0.2) is 12.4 Å². The molecule has 1 fully saturated rings. The summed E-state index contributed by atoms with van der Waals surface area (Å²) >= 11 is 2.27. The van der Waals surface area contributed by atoms with Crippen LogP contribution in [0.25, 0.3) is 0 Å². The Morgan fingerprint density at radius 3 is 3.17 bits per heavy atom. The van der Waals surface area contributed by atoms with Crippen LogP contribution in [0, 0.1) is 20.8 Å². The van der Waals surface area contributed by atoms with Crippen molar-refractivity contribution in [1.29, 1.82) is 5.26 Å². The largest absolute Gasteiger partial charge is 0.299 e. The fourth-order valence-corrected chi connectivity index (χ4v) is 3.40. The molecule has 1 aliphatic rings. The molecule has 1 aliphatic carbocycles. The molecule has 1 aromatic rings. The number of rotatable bonds is 5. The van der Waals surface area contributed by atoms with Crippen molar-refractivity contribution in [1.82, 2.24) is 15.1 Å². The van der Waals surface area contributed by atoms with E-state index in [4.69, 9.17) is 0 Å². The summed E-state index contributed by atoms with van der Waals surface area (Å²) in [5, 5.41) is 17.2. The minimum atomic E-state index is -0.297. The second kappa shape index (κ2) is 6.02. The van der Waals surface area contributed by atoms with Gasteiger partial charge in [0.25, 0.3) is 0 Å². The van der Waals surface area contributed by atoms with Gasteiger partial charge < -0.3 is 0 Å². The SMILES string of the molecule is CCNC1(C#N)CCCC1CCn1cc(I)cn1. The van der Waals surface area contributed by atoms with E-state index in [9.17, 15) is 5.26 Å². The van der Waals surface area contributed by atoms with Crippen LogP contribution in [0.3, 0.4) is 0 Å². The smallest absolute Gasteiger partial charge is 0.109 e. The van der Waals surface area contributed by atoms with Gasteiger partial charge in [0, 0.05) is 12.7 Å². The maximum atomic E-state index is 9.48. The van der Waals surface area contributed by atoms with Crippen molar-refractivity contribution in [3.63, 3.8) is 0 Å². The lowest BCUT2D eigenvalue weighted by Gasteiger charge is -2.29. The van der Waals surface area contributed by atoms with Crippen LogP contribution in [0.5, 0.6) is 0 Å². The highest BCUT2D eigenvalue weighted by Gasteiger charge is 2.42. The van der Waals surface area contributed by atoms with E-state index < -0.39 is 0 Å². The summed E-state index contributed by atoms with van der Waals surface area (Å²) in [6.45, 7) is 3.84. The topological polar surface area (TPSA) is 53.6 Å². The zero-order valence-electron chi connectivity index (χ0n) is 10.7. The van der Waals surface area contributed by atoms with Gasteiger partial charge >= 0.3 is 0 Å². The maximum Gasteiger partial charge on any atom is 0.109 e. The molecule has 2 unspecified atom stereocenters. The summed E-state index contributed by atoms with van der Waals surface area (Å²) in [6, 6.07) is 2.53. The van der Waals surface area contributed by atoms with Crippen LogP contribution >= 0.6 is 22.6 Å². The lowest BCUT2D eigenvalue weighted by molar-refractivity contribution is 0.291. The fraction of sp³-hybridized carbons (Fsp3) is 0.692. The van der Waals surface area contributed by atoms with E-state index >= 15 is 0 Å². The number of hydrogen-bond acceptors (Lipinski definition) is 3. The summed E-state index contributed by atoms with van der Waals surface area (Å²) in [5.41, 5.74) is -0.297. The maximum absolute atomic E-state index is 9.48. The van der Waals surface area contributed by atoms with Gasteiger partial charge in [-0.3, -0.25) is 10.00 Å². The highest BCUT2D eigenvalue weighted by atomic mass is 127. The van der Waals surface area contributed by atoms with E-state index in [0.29, 0.717) is 5.92 Å². The summed E-state index contributed by atoms with van der Waals surface area (Å²) in [4.78, 5) is 0. The van der Waals surface area contributed by atoms with Gasteiger partial charge in [0.1, 0.15) is 5.54 Å². The zero-order valence-corrected chi connectivity index (χ0v) is 12.9. The van der Waals surface area contributed by atoms with Crippen molar-refractivity contribution in [2.24, 2.45) is 5.92 Å². The van der Waals surface area contributed by atoms with E-state index in [0.717, 1.165) is 42.3 Å². The predicted octanol–water partition coefficient (Wildman–Crippen LogP) is 2.55. The van der Waals surface area contributed by atoms with Crippen molar-refractivity contribution in [2.75, 3.05) is 6.54 Å². The fourth-order valence-electron chi connectivity index (χ4n) is 2.95. The van der Waals surface area contributed by atoms with Gasteiger partial charge in [0.15, 0.2) is 0 Å². The predicted molar refractivity (Wildman–Crippen MR) is 78.9 cm³/mol. The van der Waals surface area contributed by atoms with Crippen LogP contribution < -0.4 is 5.32 Å². The van der Waals surface area contributed by atoms with Crippen molar-refractivity contribution in [3.05, 3.63) is 16.0 Å². The molecule has 1 aromatic heterocycles. The summed E-state index contributed by atoms with van der Waals surface area (Å²) in [7, 11) is 0. The highest BCUT2D eigenvalue weighted by Crippen LogP contribution is 2.37.